The highest BCUT2D eigenvalue weighted by Crippen LogP contribution is 2.51. The van der Waals surface area contributed by atoms with Crippen LogP contribution in [0.25, 0.3) is 4.85 Å². The first-order chi connectivity index (χ1) is 10.4. The Labute approximate surface area is 139 Å². The highest BCUT2D eigenvalue weighted by molar-refractivity contribution is 9.09. The lowest BCUT2D eigenvalue weighted by Gasteiger charge is -2.45. The Balaban J connectivity index is 1.71. The minimum atomic E-state index is -0.278. The van der Waals surface area contributed by atoms with Gasteiger partial charge < -0.3 is 19.1 Å². The predicted octanol–water partition coefficient (Wildman–Crippen LogP) is 2.86. The molecule has 1 spiro atoms. The fourth-order valence-corrected chi connectivity index (χ4v) is 5.11. The summed E-state index contributed by atoms with van der Waals surface area (Å²) in [5.41, 5.74) is -0.278. The van der Waals surface area contributed by atoms with Gasteiger partial charge >= 0.3 is 5.97 Å². The van der Waals surface area contributed by atoms with Crippen molar-refractivity contribution in [2.24, 2.45) is 0 Å². The van der Waals surface area contributed by atoms with Crippen molar-refractivity contribution in [1.29, 1.82) is 0 Å². The second kappa shape index (κ2) is 6.10. The minimum Gasteiger partial charge on any atom is -0.459 e. The molecule has 0 aromatic carbocycles. The van der Waals surface area contributed by atoms with E-state index in [1.807, 2.05) is 6.92 Å². The van der Waals surface area contributed by atoms with Crippen LogP contribution in [0.3, 0.4) is 0 Å². The number of alkyl halides is 1. The summed E-state index contributed by atoms with van der Waals surface area (Å²) in [6, 6.07) is -0.00628. The fraction of sp³-hybridized carbons (Fsp3) is 0.875. The average molecular weight is 372 g/mol. The molecule has 1 saturated carbocycles. The van der Waals surface area contributed by atoms with Gasteiger partial charge in [-0.25, -0.2) is 6.57 Å². The molecule has 3 fully saturated rings. The molecule has 3 aliphatic rings. The summed E-state index contributed by atoms with van der Waals surface area (Å²) in [7, 11) is 0. The van der Waals surface area contributed by atoms with E-state index >= 15 is 0 Å². The minimum absolute atomic E-state index is 0.00628. The molecule has 22 heavy (non-hydrogen) atoms. The average Bonchev–Trinajstić information content (AvgIpc) is 2.76. The summed E-state index contributed by atoms with van der Waals surface area (Å²) in [6.07, 6.45) is 4.12. The first-order valence-electron chi connectivity index (χ1n) is 7.94. The molecule has 7 atom stereocenters. The number of carbonyl (C=O) groups excluding carboxylic acids is 1. The van der Waals surface area contributed by atoms with Crippen LogP contribution in [0.1, 0.15) is 46.0 Å². The Hall–Kier alpha value is -0.640. The molecule has 2 aliphatic heterocycles. The van der Waals surface area contributed by atoms with E-state index < -0.39 is 0 Å². The van der Waals surface area contributed by atoms with E-state index in [4.69, 9.17) is 20.8 Å². The van der Waals surface area contributed by atoms with Gasteiger partial charge in [0.25, 0.3) is 0 Å². The Morgan fingerprint density at radius 1 is 1.50 bits per heavy atom. The zero-order valence-electron chi connectivity index (χ0n) is 13.0. The van der Waals surface area contributed by atoms with Crippen molar-refractivity contribution in [3.63, 3.8) is 0 Å². The van der Waals surface area contributed by atoms with Crippen LogP contribution >= 0.6 is 15.9 Å². The van der Waals surface area contributed by atoms with Crippen LogP contribution in [-0.2, 0) is 19.0 Å². The second-order valence-corrected chi connectivity index (χ2v) is 7.93. The largest absolute Gasteiger partial charge is 0.459 e. The number of esters is 1. The molecule has 1 aliphatic carbocycles. The van der Waals surface area contributed by atoms with Crippen LogP contribution in [0.5, 0.6) is 0 Å². The Kier molecular flexibility index (Phi) is 4.50. The molecule has 2 saturated heterocycles. The molecular weight excluding hydrogens is 350 g/mol. The lowest BCUT2D eigenvalue weighted by Crippen LogP contribution is -2.53. The van der Waals surface area contributed by atoms with Gasteiger partial charge in [0.1, 0.15) is 6.10 Å². The molecule has 0 unspecified atom stereocenters. The van der Waals surface area contributed by atoms with Crippen molar-refractivity contribution in [1.82, 2.24) is 0 Å². The van der Waals surface area contributed by atoms with E-state index in [1.165, 1.54) is 6.92 Å². The number of nitrogens with zero attached hydrogens (tertiary/aromatic N) is 1. The fourth-order valence-electron chi connectivity index (χ4n) is 4.11. The quantitative estimate of drug-likeness (QED) is 0.434. The molecule has 122 valence electrons. The molecule has 5 nitrogen and oxygen atoms in total. The van der Waals surface area contributed by atoms with Crippen molar-refractivity contribution in [3.8, 4) is 0 Å². The zero-order chi connectivity index (χ0) is 15.9. The van der Waals surface area contributed by atoms with E-state index in [1.54, 1.807) is 0 Å². The van der Waals surface area contributed by atoms with E-state index in [2.05, 4.69) is 20.8 Å². The molecule has 3 rings (SSSR count). The number of carbonyl (C=O) groups is 1. The number of rotatable bonds is 3. The normalized spacial score (nSPS) is 44.7. The number of halogens is 1. The molecule has 0 radical (unpaired) electrons. The summed E-state index contributed by atoms with van der Waals surface area (Å²) in [6.45, 7) is 10.5. The lowest BCUT2D eigenvalue weighted by atomic mass is 9.77. The summed E-state index contributed by atoms with van der Waals surface area (Å²) >= 11 is 3.66. The predicted molar refractivity (Wildman–Crippen MR) is 83.7 cm³/mol. The van der Waals surface area contributed by atoms with Crippen LogP contribution in [0, 0.1) is 6.57 Å². The number of fused-ring (bicyclic) bond motifs is 1. The first-order valence-corrected chi connectivity index (χ1v) is 8.86. The third-order valence-corrected chi connectivity index (χ3v) is 5.86. The van der Waals surface area contributed by atoms with Gasteiger partial charge in [-0.2, -0.15) is 0 Å². The topological polar surface area (TPSA) is 49.1 Å². The molecule has 6 heteroatoms. The lowest BCUT2D eigenvalue weighted by molar-refractivity contribution is -0.167. The maximum Gasteiger partial charge on any atom is 0.303 e. The third-order valence-electron chi connectivity index (χ3n) is 5.01. The second-order valence-electron chi connectivity index (χ2n) is 6.76. The number of hydrogen-bond donors (Lipinski definition) is 0. The van der Waals surface area contributed by atoms with Gasteiger partial charge in [-0.15, -0.1) is 0 Å². The highest BCUT2D eigenvalue weighted by atomic mass is 79.9. The molecule has 2 heterocycles. The van der Waals surface area contributed by atoms with E-state index in [0.717, 1.165) is 32.1 Å². The molecule has 2 bridgehead atoms. The van der Waals surface area contributed by atoms with Gasteiger partial charge in [0.15, 0.2) is 0 Å². The van der Waals surface area contributed by atoms with Gasteiger partial charge in [0.05, 0.1) is 28.7 Å². The zero-order valence-corrected chi connectivity index (χ0v) is 14.5. The summed E-state index contributed by atoms with van der Waals surface area (Å²) < 4.78 is 18.0. The summed E-state index contributed by atoms with van der Waals surface area (Å²) in [4.78, 5) is 14.9. The van der Waals surface area contributed by atoms with Crippen LogP contribution < -0.4 is 0 Å². The highest BCUT2D eigenvalue weighted by Gasteiger charge is 2.60. The molecule has 0 aromatic heterocycles. The van der Waals surface area contributed by atoms with Crippen molar-refractivity contribution < 1.29 is 19.0 Å². The standard InChI is InChI=1S/C16H22BrNO4/c1-9(18-3)6-11-4-5-14-16(22-11)7-12(17)15(20-10(2)19)13(8-16)21-14/h9,11-15H,4-8H2,1-2H3/t9-,11-,12+,13-,14+,15-,16+/m1/s1. The maximum atomic E-state index is 11.3. The Morgan fingerprint density at radius 2 is 2.27 bits per heavy atom. The maximum absolute atomic E-state index is 11.3. The first kappa shape index (κ1) is 16.2. The molecular formula is C16H22BrNO4. The van der Waals surface area contributed by atoms with Gasteiger partial charge in [-0.1, -0.05) is 15.9 Å². The summed E-state index contributed by atoms with van der Waals surface area (Å²) in [5.74, 6) is -0.270. The smallest absolute Gasteiger partial charge is 0.303 e. The van der Waals surface area contributed by atoms with E-state index in [-0.39, 0.29) is 46.9 Å². The van der Waals surface area contributed by atoms with E-state index in [0.29, 0.717) is 0 Å². The van der Waals surface area contributed by atoms with Gasteiger partial charge in [-0.3, -0.25) is 4.79 Å². The number of ether oxygens (including phenoxy) is 3. The van der Waals surface area contributed by atoms with Crippen LogP contribution in [-0.4, -0.2) is 46.9 Å². The van der Waals surface area contributed by atoms with Gasteiger partial charge in [0, 0.05) is 26.7 Å². The SMILES string of the molecule is [C-]#[N+][C@H](C)C[C@H]1CC[C@@H]2O[C@@H]3C[C@]2(C[C@H](Br)[C@H]3OC(C)=O)O1. The van der Waals surface area contributed by atoms with E-state index in [9.17, 15) is 4.79 Å². The third kappa shape index (κ3) is 2.91. The van der Waals surface area contributed by atoms with Crippen LogP contribution in [0.2, 0.25) is 0 Å². The van der Waals surface area contributed by atoms with Crippen molar-refractivity contribution in [2.75, 3.05) is 0 Å². The van der Waals surface area contributed by atoms with Crippen molar-refractivity contribution >= 4 is 21.9 Å². The molecule has 0 amide bonds. The number of hydrogen-bond acceptors (Lipinski definition) is 4. The Morgan fingerprint density at radius 3 is 2.95 bits per heavy atom. The van der Waals surface area contributed by atoms with Crippen molar-refractivity contribution in [3.05, 3.63) is 11.4 Å². The van der Waals surface area contributed by atoms with Crippen molar-refractivity contribution in [2.45, 2.75) is 86.8 Å². The van der Waals surface area contributed by atoms with Gasteiger partial charge in [-0.05, 0) is 19.3 Å². The van der Waals surface area contributed by atoms with Gasteiger partial charge in [0.2, 0.25) is 6.04 Å². The van der Waals surface area contributed by atoms with Crippen LogP contribution in [0.4, 0.5) is 0 Å². The molecule has 0 aromatic rings. The molecule has 0 N–H and O–H groups in total. The Bertz CT molecular complexity index is 493. The summed E-state index contributed by atoms with van der Waals surface area (Å²) in [5, 5.41) is 0. The monoisotopic (exact) mass is 371 g/mol. The van der Waals surface area contributed by atoms with Crippen LogP contribution in [0.15, 0.2) is 0 Å².